The van der Waals surface area contributed by atoms with Crippen molar-refractivity contribution in [3.63, 3.8) is 0 Å². The summed E-state index contributed by atoms with van der Waals surface area (Å²) in [6.07, 6.45) is 0. The Morgan fingerprint density at radius 1 is 1.10 bits per heavy atom. The van der Waals surface area contributed by atoms with Gasteiger partial charge in [0.1, 0.15) is 23.8 Å². The van der Waals surface area contributed by atoms with Crippen molar-refractivity contribution in [3.8, 4) is 17.2 Å². The second-order valence-corrected chi connectivity index (χ2v) is 6.56. The molecule has 4 aromatic rings. The van der Waals surface area contributed by atoms with Crippen LogP contribution in [0.5, 0.6) is 5.75 Å². The van der Waals surface area contributed by atoms with Gasteiger partial charge in [-0.1, -0.05) is 30.3 Å². The summed E-state index contributed by atoms with van der Waals surface area (Å²) in [5.41, 5.74) is 1.85. The molecule has 8 nitrogen and oxygen atoms in total. The van der Waals surface area contributed by atoms with E-state index in [4.69, 9.17) is 13.7 Å². The van der Waals surface area contributed by atoms with E-state index in [1.165, 1.54) is 0 Å². The van der Waals surface area contributed by atoms with Crippen LogP contribution in [0.15, 0.2) is 73.1 Å². The Balaban J connectivity index is 1.45. The van der Waals surface area contributed by atoms with Crippen LogP contribution in [0.1, 0.15) is 30.0 Å². The van der Waals surface area contributed by atoms with Gasteiger partial charge in [0.2, 0.25) is 5.89 Å². The molecule has 0 saturated carbocycles. The van der Waals surface area contributed by atoms with Crippen LogP contribution >= 0.6 is 0 Å². The largest absolute Gasteiger partial charge is 0.487 e. The zero-order chi connectivity index (χ0) is 20.4. The fourth-order valence-corrected chi connectivity index (χ4v) is 2.95. The van der Waals surface area contributed by atoms with E-state index in [-0.39, 0.29) is 6.61 Å². The summed E-state index contributed by atoms with van der Waals surface area (Å²) in [6, 6.07) is 16.4. The van der Waals surface area contributed by atoms with E-state index in [2.05, 4.69) is 9.97 Å². The van der Waals surface area contributed by atoms with Gasteiger partial charge >= 0.3 is 11.4 Å². The molecule has 8 heteroatoms. The summed E-state index contributed by atoms with van der Waals surface area (Å²) in [6.45, 7) is 3.88. The molecule has 0 amide bonds. The van der Waals surface area contributed by atoms with Crippen LogP contribution < -0.4 is 16.2 Å². The summed E-state index contributed by atoms with van der Waals surface area (Å²) < 4.78 is 17.4. The molecule has 148 valence electrons. The third-order valence-corrected chi connectivity index (χ3v) is 4.59. The zero-order valence-electron chi connectivity index (χ0n) is 15.9. The number of rotatable bonds is 6. The van der Waals surface area contributed by atoms with E-state index in [0.717, 1.165) is 21.6 Å². The molecular weight excluding hydrogens is 374 g/mol. The topological polar surface area (TPSA) is 103 Å². The van der Waals surface area contributed by atoms with Gasteiger partial charge in [-0.25, -0.2) is 19.6 Å². The lowest BCUT2D eigenvalue weighted by Crippen LogP contribution is -2.20. The highest BCUT2D eigenvalue weighted by Crippen LogP contribution is 2.24. The van der Waals surface area contributed by atoms with Gasteiger partial charge in [-0.2, -0.15) is 0 Å². The van der Waals surface area contributed by atoms with Gasteiger partial charge in [-0.3, -0.25) is 0 Å². The third kappa shape index (κ3) is 3.91. The molecule has 0 radical (unpaired) electrons. The van der Waals surface area contributed by atoms with Gasteiger partial charge in [0, 0.05) is 5.56 Å². The summed E-state index contributed by atoms with van der Waals surface area (Å²) >= 11 is 0. The lowest BCUT2D eigenvalue weighted by Gasteiger charge is -2.11. The molecule has 1 atom stereocenters. The molecule has 0 saturated heterocycles. The van der Waals surface area contributed by atoms with E-state index < -0.39 is 17.5 Å². The van der Waals surface area contributed by atoms with Gasteiger partial charge in [-0.15, -0.1) is 4.74 Å². The van der Waals surface area contributed by atoms with Gasteiger partial charge in [0.25, 0.3) is 0 Å². The summed E-state index contributed by atoms with van der Waals surface area (Å²) in [4.78, 5) is 29.4. The van der Waals surface area contributed by atoms with Crippen LogP contribution in [0.25, 0.3) is 11.5 Å². The minimum absolute atomic E-state index is 0.267. The Hall–Kier alpha value is -3.81. The third-order valence-electron chi connectivity index (χ3n) is 4.59. The molecule has 2 aromatic carbocycles. The molecule has 0 bridgehead atoms. The minimum Gasteiger partial charge on any atom is -0.487 e. The first-order valence-corrected chi connectivity index (χ1v) is 9.08. The second kappa shape index (κ2) is 7.67. The number of oxazole rings is 1. The second-order valence-electron chi connectivity index (χ2n) is 6.56. The van der Waals surface area contributed by atoms with Crippen molar-refractivity contribution in [3.05, 3.63) is 92.6 Å². The molecule has 0 fully saturated rings. The number of hydrogen-bond donors (Lipinski definition) is 1. The first kappa shape index (κ1) is 18.5. The van der Waals surface area contributed by atoms with E-state index in [9.17, 15) is 9.59 Å². The number of nitrogens with zero attached hydrogens (tertiary/aromatic N) is 2. The number of aryl methyl sites for hydroxylation is 1. The van der Waals surface area contributed by atoms with Crippen LogP contribution in [-0.2, 0) is 6.61 Å². The Labute approximate surface area is 165 Å². The maximum Gasteiger partial charge on any atom is 0.440 e. The van der Waals surface area contributed by atoms with Crippen molar-refractivity contribution in [2.45, 2.75) is 26.5 Å². The molecule has 0 spiro atoms. The van der Waals surface area contributed by atoms with Crippen molar-refractivity contribution in [2.24, 2.45) is 0 Å². The normalized spacial score (nSPS) is 12.1. The van der Waals surface area contributed by atoms with E-state index in [1.54, 1.807) is 19.1 Å². The van der Waals surface area contributed by atoms with Crippen LogP contribution in [-0.4, -0.2) is 14.7 Å². The van der Waals surface area contributed by atoms with Gasteiger partial charge in [-0.05, 0) is 43.7 Å². The van der Waals surface area contributed by atoms with Crippen LogP contribution in [0.3, 0.4) is 0 Å². The smallest absolute Gasteiger partial charge is 0.440 e. The highest BCUT2D eigenvalue weighted by molar-refractivity contribution is 5.53. The zero-order valence-corrected chi connectivity index (χ0v) is 15.9. The standard InChI is InChI=1S/C21H19N3O5/c1-13(24-20(25)23-21(26)29-24)15-8-10-17(11-9-15)27-12-18-14(2)28-19(22-18)16-6-4-3-5-7-16/h3-11,13H,12H2,1-2H3,(H,23,25,26). The van der Waals surface area contributed by atoms with Crippen LogP contribution in [0, 0.1) is 6.92 Å². The monoisotopic (exact) mass is 393 g/mol. The molecule has 0 aliphatic heterocycles. The van der Waals surface area contributed by atoms with Crippen molar-refractivity contribution in [2.75, 3.05) is 0 Å². The molecule has 29 heavy (non-hydrogen) atoms. The van der Waals surface area contributed by atoms with E-state index >= 15 is 0 Å². The molecule has 1 N–H and O–H groups in total. The number of H-pyrrole nitrogens is 1. The maximum absolute atomic E-state index is 11.7. The Bertz CT molecular complexity index is 1220. The lowest BCUT2D eigenvalue weighted by molar-refractivity contribution is 0.225. The molecule has 2 heterocycles. The van der Waals surface area contributed by atoms with Crippen molar-refractivity contribution in [1.82, 2.24) is 14.7 Å². The van der Waals surface area contributed by atoms with Crippen molar-refractivity contribution in [1.29, 1.82) is 0 Å². The Morgan fingerprint density at radius 2 is 1.83 bits per heavy atom. The van der Waals surface area contributed by atoms with Gasteiger partial charge in [0.05, 0.1) is 6.04 Å². The van der Waals surface area contributed by atoms with Crippen molar-refractivity contribution < 1.29 is 13.7 Å². The number of aromatic nitrogens is 3. The van der Waals surface area contributed by atoms with E-state index in [1.807, 2.05) is 49.4 Å². The summed E-state index contributed by atoms with van der Waals surface area (Å²) in [7, 11) is 0. The van der Waals surface area contributed by atoms with Crippen LogP contribution in [0.2, 0.25) is 0 Å². The SMILES string of the molecule is Cc1oc(-c2ccccc2)nc1COc1ccc(C(C)n2oc(=O)[nH]c2=O)cc1. The minimum atomic E-state index is -0.778. The molecule has 1 unspecified atom stereocenters. The first-order chi connectivity index (χ1) is 14.0. The van der Waals surface area contributed by atoms with Gasteiger partial charge in [0.15, 0.2) is 0 Å². The van der Waals surface area contributed by atoms with E-state index in [0.29, 0.717) is 17.4 Å². The molecule has 0 aliphatic rings. The Morgan fingerprint density at radius 3 is 2.48 bits per heavy atom. The quantitative estimate of drug-likeness (QED) is 0.539. The number of aromatic amines is 1. The average Bonchev–Trinajstić information content (AvgIpc) is 3.28. The predicted octanol–water partition coefficient (Wildman–Crippen LogP) is 3.28. The molecule has 2 aromatic heterocycles. The maximum atomic E-state index is 11.7. The highest BCUT2D eigenvalue weighted by Gasteiger charge is 2.15. The lowest BCUT2D eigenvalue weighted by atomic mass is 10.1. The molecular formula is C21H19N3O5. The summed E-state index contributed by atoms with van der Waals surface area (Å²) in [5, 5.41) is 0. The van der Waals surface area contributed by atoms with Gasteiger partial charge < -0.3 is 13.7 Å². The summed E-state index contributed by atoms with van der Waals surface area (Å²) in [5.74, 6) is 1.13. The highest BCUT2D eigenvalue weighted by atomic mass is 16.5. The number of benzene rings is 2. The average molecular weight is 393 g/mol. The van der Waals surface area contributed by atoms with Crippen molar-refractivity contribution >= 4 is 0 Å². The number of hydrogen-bond acceptors (Lipinski definition) is 6. The fraction of sp³-hybridized carbons (Fsp3) is 0.190. The number of nitrogens with one attached hydrogen (secondary N) is 1. The fourth-order valence-electron chi connectivity index (χ4n) is 2.95. The Kier molecular flexibility index (Phi) is 4.90. The first-order valence-electron chi connectivity index (χ1n) is 9.08. The van der Waals surface area contributed by atoms with Crippen LogP contribution in [0.4, 0.5) is 0 Å². The molecule has 4 rings (SSSR count). The molecule has 0 aliphatic carbocycles. The predicted molar refractivity (Wildman–Crippen MR) is 105 cm³/mol. The number of ether oxygens (including phenoxy) is 1.